The highest BCUT2D eigenvalue weighted by Crippen LogP contribution is 2.43. The SMILES string of the molecule is C[C@@H]1CCC[C@]2(C1)OC[C@H](C(=O)NCc1ccccc1)N2C(=O)c1ccccc1F. The third-order valence-corrected chi connectivity index (χ3v) is 6.13. The van der Waals surface area contributed by atoms with Gasteiger partial charge in [-0.2, -0.15) is 0 Å². The highest BCUT2D eigenvalue weighted by Gasteiger charge is 2.54. The van der Waals surface area contributed by atoms with Gasteiger partial charge >= 0.3 is 0 Å². The number of nitrogens with one attached hydrogen (secondary N) is 1. The minimum absolute atomic E-state index is 0.0264. The molecule has 1 saturated carbocycles. The van der Waals surface area contributed by atoms with Gasteiger partial charge < -0.3 is 10.1 Å². The number of carbonyl (C=O) groups is 2. The molecule has 0 unspecified atom stereocenters. The van der Waals surface area contributed by atoms with E-state index in [1.54, 1.807) is 12.1 Å². The number of hydrogen-bond donors (Lipinski definition) is 1. The van der Waals surface area contributed by atoms with Gasteiger partial charge in [-0.25, -0.2) is 4.39 Å². The average Bonchev–Trinajstić information content (AvgIpc) is 3.10. The first-order valence-electron chi connectivity index (χ1n) is 10.5. The Kier molecular flexibility index (Phi) is 5.86. The number of ether oxygens (including phenoxy) is 1. The lowest BCUT2D eigenvalue weighted by Gasteiger charge is -2.43. The Bertz CT molecular complexity index is 920. The Morgan fingerprint density at radius 1 is 1.17 bits per heavy atom. The fourth-order valence-corrected chi connectivity index (χ4v) is 4.67. The molecular formula is C24H27FN2O3. The van der Waals surface area contributed by atoms with Crippen molar-refractivity contribution >= 4 is 11.8 Å². The smallest absolute Gasteiger partial charge is 0.259 e. The molecule has 1 saturated heterocycles. The molecule has 30 heavy (non-hydrogen) atoms. The van der Waals surface area contributed by atoms with Crippen LogP contribution in [-0.4, -0.2) is 35.1 Å². The highest BCUT2D eigenvalue weighted by atomic mass is 19.1. The number of benzene rings is 2. The van der Waals surface area contributed by atoms with Crippen molar-refractivity contribution in [1.29, 1.82) is 0 Å². The molecule has 1 aliphatic carbocycles. The highest BCUT2D eigenvalue weighted by molar-refractivity contribution is 5.98. The lowest BCUT2D eigenvalue weighted by Crippen LogP contribution is -2.57. The zero-order valence-corrected chi connectivity index (χ0v) is 17.1. The third-order valence-electron chi connectivity index (χ3n) is 6.13. The molecule has 5 nitrogen and oxygen atoms in total. The molecule has 2 aromatic rings. The van der Waals surface area contributed by atoms with E-state index in [-0.39, 0.29) is 18.1 Å². The third kappa shape index (κ3) is 3.97. The molecule has 4 rings (SSSR count). The zero-order chi connectivity index (χ0) is 21.1. The molecule has 1 heterocycles. The van der Waals surface area contributed by atoms with Crippen LogP contribution in [0, 0.1) is 11.7 Å². The van der Waals surface area contributed by atoms with Crippen LogP contribution in [0.25, 0.3) is 0 Å². The molecule has 2 fully saturated rings. The maximum atomic E-state index is 14.4. The van der Waals surface area contributed by atoms with Crippen LogP contribution >= 0.6 is 0 Å². The van der Waals surface area contributed by atoms with Gasteiger partial charge in [0.15, 0.2) is 0 Å². The Morgan fingerprint density at radius 2 is 1.90 bits per heavy atom. The summed E-state index contributed by atoms with van der Waals surface area (Å²) < 4.78 is 20.6. The monoisotopic (exact) mass is 410 g/mol. The molecule has 1 spiro atoms. The number of halogens is 1. The standard InChI is InChI=1S/C24H27FN2O3/c1-17-8-7-13-24(14-17)27(23(29)19-11-5-6-12-20(19)25)21(16-30-24)22(28)26-15-18-9-3-2-4-10-18/h2-6,9-12,17,21H,7-8,13-16H2,1H3,(H,26,28)/t17-,21-,24-/m1/s1. The Morgan fingerprint density at radius 3 is 2.63 bits per heavy atom. The van der Waals surface area contributed by atoms with Gasteiger partial charge in [-0.05, 0) is 42.9 Å². The predicted molar refractivity (Wildman–Crippen MR) is 111 cm³/mol. The van der Waals surface area contributed by atoms with Crippen LogP contribution < -0.4 is 5.32 Å². The van der Waals surface area contributed by atoms with Gasteiger partial charge in [0.2, 0.25) is 5.91 Å². The molecule has 2 aliphatic rings. The van der Waals surface area contributed by atoms with Crippen molar-refractivity contribution in [1.82, 2.24) is 10.2 Å². The lowest BCUT2D eigenvalue weighted by atomic mass is 9.83. The van der Waals surface area contributed by atoms with E-state index in [0.717, 1.165) is 18.4 Å². The van der Waals surface area contributed by atoms with Gasteiger partial charge in [0.1, 0.15) is 17.6 Å². The second kappa shape index (κ2) is 8.56. The van der Waals surface area contributed by atoms with Crippen molar-refractivity contribution in [2.24, 2.45) is 5.92 Å². The molecule has 0 radical (unpaired) electrons. The van der Waals surface area contributed by atoms with Gasteiger partial charge in [-0.15, -0.1) is 0 Å². The number of carbonyl (C=O) groups excluding carboxylic acids is 2. The van der Waals surface area contributed by atoms with Gasteiger partial charge in [-0.1, -0.05) is 55.8 Å². The first-order chi connectivity index (χ1) is 14.5. The van der Waals surface area contributed by atoms with Crippen molar-refractivity contribution in [3.8, 4) is 0 Å². The predicted octanol–water partition coefficient (Wildman–Crippen LogP) is 3.89. The van der Waals surface area contributed by atoms with Crippen LogP contribution in [0.2, 0.25) is 0 Å². The van der Waals surface area contributed by atoms with Gasteiger partial charge in [0, 0.05) is 6.54 Å². The molecule has 6 heteroatoms. The van der Waals surface area contributed by atoms with E-state index in [4.69, 9.17) is 4.74 Å². The van der Waals surface area contributed by atoms with Gasteiger partial charge in [0.05, 0.1) is 12.2 Å². The Balaban J connectivity index is 1.61. The quantitative estimate of drug-likeness (QED) is 0.832. The van der Waals surface area contributed by atoms with Crippen LogP contribution in [0.15, 0.2) is 54.6 Å². The second-order valence-corrected chi connectivity index (χ2v) is 8.33. The van der Waals surface area contributed by atoms with E-state index in [1.807, 2.05) is 30.3 Å². The summed E-state index contributed by atoms with van der Waals surface area (Å²) in [6.45, 7) is 2.60. The van der Waals surface area contributed by atoms with E-state index in [2.05, 4.69) is 12.2 Å². The van der Waals surface area contributed by atoms with Crippen LogP contribution in [0.3, 0.4) is 0 Å². The molecule has 1 aliphatic heterocycles. The lowest BCUT2D eigenvalue weighted by molar-refractivity contribution is -0.128. The van der Waals surface area contributed by atoms with Crippen molar-refractivity contribution < 1.29 is 18.7 Å². The number of nitrogens with zero attached hydrogens (tertiary/aromatic N) is 1. The van der Waals surface area contributed by atoms with Crippen LogP contribution in [0.1, 0.15) is 48.5 Å². The van der Waals surface area contributed by atoms with E-state index in [9.17, 15) is 14.0 Å². The van der Waals surface area contributed by atoms with Crippen molar-refractivity contribution in [3.05, 3.63) is 71.5 Å². The first kappa shape index (κ1) is 20.5. The molecule has 0 aromatic heterocycles. The van der Waals surface area contributed by atoms with Crippen molar-refractivity contribution in [3.63, 3.8) is 0 Å². The maximum absolute atomic E-state index is 14.4. The first-order valence-corrected chi connectivity index (χ1v) is 10.5. The minimum atomic E-state index is -0.855. The normalized spacial score (nSPS) is 26.0. The number of amides is 2. The average molecular weight is 410 g/mol. The summed E-state index contributed by atoms with van der Waals surface area (Å²) in [6.07, 6.45) is 3.26. The fourth-order valence-electron chi connectivity index (χ4n) is 4.67. The molecular weight excluding hydrogens is 383 g/mol. The second-order valence-electron chi connectivity index (χ2n) is 8.33. The van der Waals surface area contributed by atoms with E-state index in [1.165, 1.54) is 17.0 Å². The molecule has 3 atom stereocenters. The molecule has 158 valence electrons. The maximum Gasteiger partial charge on any atom is 0.259 e. The molecule has 2 amide bonds. The van der Waals surface area contributed by atoms with E-state index >= 15 is 0 Å². The van der Waals surface area contributed by atoms with Gasteiger partial charge in [-0.3, -0.25) is 14.5 Å². The minimum Gasteiger partial charge on any atom is -0.353 e. The largest absolute Gasteiger partial charge is 0.353 e. The van der Waals surface area contributed by atoms with Crippen LogP contribution in [-0.2, 0) is 16.1 Å². The molecule has 2 aromatic carbocycles. The number of hydrogen-bond acceptors (Lipinski definition) is 3. The fraction of sp³-hybridized carbons (Fsp3) is 0.417. The summed E-state index contributed by atoms with van der Waals surface area (Å²) in [7, 11) is 0. The summed E-state index contributed by atoms with van der Waals surface area (Å²) in [6, 6.07) is 14.7. The molecule has 0 bridgehead atoms. The summed E-state index contributed by atoms with van der Waals surface area (Å²) in [5.74, 6) is -0.990. The topological polar surface area (TPSA) is 58.6 Å². The molecule has 1 N–H and O–H groups in total. The summed E-state index contributed by atoms with van der Waals surface area (Å²) >= 11 is 0. The van der Waals surface area contributed by atoms with Crippen LogP contribution in [0.5, 0.6) is 0 Å². The zero-order valence-electron chi connectivity index (χ0n) is 17.1. The van der Waals surface area contributed by atoms with Gasteiger partial charge in [0.25, 0.3) is 5.91 Å². The Hall–Kier alpha value is -2.73. The summed E-state index contributed by atoms with van der Waals surface area (Å²) in [5, 5.41) is 2.92. The summed E-state index contributed by atoms with van der Waals surface area (Å²) in [5.41, 5.74) is 0.0883. The van der Waals surface area contributed by atoms with Crippen molar-refractivity contribution in [2.45, 2.75) is 50.9 Å². The van der Waals surface area contributed by atoms with E-state index < -0.39 is 23.5 Å². The Labute approximate surface area is 176 Å². The van der Waals surface area contributed by atoms with Crippen molar-refractivity contribution in [2.75, 3.05) is 6.61 Å². The van der Waals surface area contributed by atoms with Crippen LogP contribution in [0.4, 0.5) is 4.39 Å². The van der Waals surface area contributed by atoms with E-state index in [0.29, 0.717) is 25.3 Å². The number of rotatable bonds is 4. The summed E-state index contributed by atoms with van der Waals surface area (Å²) in [4.78, 5) is 28.1.